The molecule has 2 aromatic heterocycles. The molecule has 0 unspecified atom stereocenters. The van der Waals surface area contributed by atoms with Gasteiger partial charge < -0.3 is 29.3 Å². The summed E-state index contributed by atoms with van der Waals surface area (Å²) in [6, 6.07) is 15.0. The molecule has 0 bridgehead atoms. The molecule has 1 N–H and O–H groups in total. The molecule has 1 atom stereocenters. The normalized spacial score (nSPS) is 15.0. The Bertz CT molecular complexity index is 1590. The van der Waals surface area contributed by atoms with Gasteiger partial charge in [0.15, 0.2) is 0 Å². The van der Waals surface area contributed by atoms with Crippen molar-refractivity contribution in [2.75, 3.05) is 43.5 Å². The maximum absolute atomic E-state index is 13.5. The number of benzene rings is 2. The third-order valence-corrected chi connectivity index (χ3v) is 7.70. The van der Waals surface area contributed by atoms with Crippen molar-refractivity contribution >= 4 is 34.7 Å². The number of hydrogen-bond acceptors (Lipinski definition) is 10. The lowest BCUT2D eigenvalue weighted by molar-refractivity contribution is -0.00135. The van der Waals surface area contributed by atoms with E-state index in [9.17, 15) is 9.59 Å². The number of nitrogens with one attached hydrogen (secondary N) is 1. The van der Waals surface area contributed by atoms with Gasteiger partial charge in [0.2, 0.25) is 0 Å². The molecule has 0 aliphatic carbocycles. The van der Waals surface area contributed by atoms with Gasteiger partial charge in [0.1, 0.15) is 27.8 Å². The van der Waals surface area contributed by atoms with Gasteiger partial charge in [-0.25, -0.2) is 9.78 Å². The van der Waals surface area contributed by atoms with Gasteiger partial charge in [-0.2, -0.15) is 10.2 Å². The smallest absolute Gasteiger partial charge is 0.410 e. The van der Waals surface area contributed by atoms with Gasteiger partial charge in [0.25, 0.3) is 5.91 Å². The Morgan fingerprint density at radius 1 is 1.14 bits per heavy atom. The van der Waals surface area contributed by atoms with E-state index < -0.39 is 11.7 Å². The first kappa shape index (κ1) is 30.9. The molecule has 12 heteroatoms. The van der Waals surface area contributed by atoms with Gasteiger partial charge in [-0.3, -0.25) is 4.79 Å². The first-order chi connectivity index (χ1) is 21.1. The zero-order valence-electron chi connectivity index (χ0n) is 25.4. The van der Waals surface area contributed by atoms with E-state index in [0.29, 0.717) is 54.1 Å². The molecule has 1 aliphatic heterocycles. The fourth-order valence-electron chi connectivity index (χ4n) is 4.78. The van der Waals surface area contributed by atoms with Crippen molar-refractivity contribution in [3.05, 3.63) is 77.6 Å². The van der Waals surface area contributed by atoms with E-state index in [0.717, 1.165) is 16.8 Å². The van der Waals surface area contributed by atoms with Gasteiger partial charge in [0.05, 0.1) is 43.0 Å². The van der Waals surface area contributed by atoms with Crippen molar-refractivity contribution in [1.82, 2.24) is 20.1 Å². The predicted molar refractivity (Wildman–Crippen MR) is 170 cm³/mol. The predicted octanol–water partition coefficient (Wildman–Crippen LogP) is 6.03. The number of para-hydroxylation sites is 1. The summed E-state index contributed by atoms with van der Waals surface area (Å²) in [4.78, 5) is 34.3. The first-order valence-corrected chi connectivity index (χ1v) is 15.2. The van der Waals surface area contributed by atoms with Crippen LogP contribution in [-0.2, 0) is 9.47 Å². The molecule has 3 heterocycles. The number of carbonyl (C=O) groups is 2. The number of aromatic nitrogens is 3. The lowest BCUT2D eigenvalue weighted by Crippen LogP contribution is -2.49. The van der Waals surface area contributed by atoms with Crippen LogP contribution in [0.5, 0.6) is 11.5 Å². The first-order valence-electron chi connectivity index (χ1n) is 14.3. The summed E-state index contributed by atoms with van der Waals surface area (Å²) < 4.78 is 17.8. The van der Waals surface area contributed by atoms with Crippen molar-refractivity contribution in [1.29, 1.82) is 0 Å². The van der Waals surface area contributed by atoms with Crippen molar-refractivity contribution in [2.45, 2.75) is 39.4 Å². The molecule has 1 fully saturated rings. The summed E-state index contributed by atoms with van der Waals surface area (Å²) in [7, 11) is 1.70. The highest BCUT2D eigenvalue weighted by atomic mass is 32.1. The second-order valence-electron chi connectivity index (χ2n) is 11.4. The molecule has 1 aliphatic rings. The van der Waals surface area contributed by atoms with E-state index in [2.05, 4.69) is 25.4 Å². The van der Waals surface area contributed by atoms with E-state index in [1.807, 2.05) is 70.2 Å². The average Bonchev–Trinajstić information content (AvgIpc) is 3.50. The topological polar surface area (TPSA) is 119 Å². The Hall–Kier alpha value is -4.55. The molecule has 0 spiro atoms. The van der Waals surface area contributed by atoms with Crippen molar-refractivity contribution in [3.8, 4) is 22.1 Å². The SMILES string of the molecule is Cc1c(Oc2ccccc2)ccc(NC(=O)c2csc(-c3ccnnc3)n2)c1N1CCO[C@@H](CN(C)C(=O)OC(C)(C)C)C1. The van der Waals surface area contributed by atoms with E-state index in [1.165, 1.54) is 16.2 Å². The quantitative estimate of drug-likeness (QED) is 0.253. The summed E-state index contributed by atoms with van der Waals surface area (Å²) in [5, 5.41) is 13.2. The van der Waals surface area contributed by atoms with Crippen LogP contribution in [0.3, 0.4) is 0 Å². The number of nitrogens with zero attached hydrogens (tertiary/aromatic N) is 5. The molecule has 0 saturated carbocycles. The molecule has 0 radical (unpaired) electrons. The average molecular weight is 617 g/mol. The highest BCUT2D eigenvalue weighted by molar-refractivity contribution is 7.13. The third-order valence-electron chi connectivity index (χ3n) is 6.81. The lowest BCUT2D eigenvalue weighted by Gasteiger charge is -2.38. The van der Waals surface area contributed by atoms with Crippen molar-refractivity contribution in [2.24, 2.45) is 0 Å². The van der Waals surface area contributed by atoms with Crippen LogP contribution in [0, 0.1) is 6.92 Å². The van der Waals surface area contributed by atoms with Crippen molar-refractivity contribution in [3.63, 3.8) is 0 Å². The number of carbonyl (C=O) groups excluding carboxylic acids is 2. The van der Waals surface area contributed by atoms with Gasteiger partial charge in [-0.1, -0.05) is 18.2 Å². The van der Waals surface area contributed by atoms with Gasteiger partial charge in [0, 0.05) is 36.6 Å². The van der Waals surface area contributed by atoms with E-state index in [4.69, 9.17) is 14.2 Å². The minimum absolute atomic E-state index is 0.280. The number of morpholine rings is 1. The van der Waals surface area contributed by atoms with Crippen LogP contribution in [-0.4, -0.2) is 77.1 Å². The maximum atomic E-state index is 13.5. The van der Waals surface area contributed by atoms with E-state index >= 15 is 0 Å². The molecule has 2 amide bonds. The highest BCUT2D eigenvalue weighted by Gasteiger charge is 2.29. The fourth-order valence-corrected chi connectivity index (χ4v) is 5.57. The molecule has 44 heavy (non-hydrogen) atoms. The third kappa shape index (κ3) is 7.69. The molecule has 5 rings (SSSR count). The van der Waals surface area contributed by atoms with E-state index in [-0.39, 0.29) is 12.0 Å². The molecular weight excluding hydrogens is 580 g/mol. The number of rotatable bonds is 8. The number of amides is 2. The second kappa shape index (κ2) is 13.4. The Morgan fingerprint density at radius 2 is 1.93 bits per heavy atom. The monoisotopic (exact) mass is 616 g/mol. The number of thiazole rings is 1. The molecular formula is C32H36N6O5S. The Balaban J connectivity index is 1.40. The van der Waals surface area contributed by atoms with Crippen LogP contribution in [0.25, 0.3) is 10.6 Å². The largest absolute Gasteiger partial charge is 0.457 e. The summed E-state index contributed by atoms with van der Waals surface area (Å²) >= 11 is 1.36. The highest BCUT2D eigenvalue weighted by Crippen LogP contribution is 2.39. The Labute approximate surface area is 260 Å². The lowest BCUT2D eigenvalue weighted by atomic mass is 10.1. The Kier molecular flexibility index (Phi) is 9.40. The zero-order chi connectivity index (χ0) is 31.3. The minimum Gasteiger partial charge on any atom is -0.457 e. The van der Waals surface area contributed by atoms with Gasteiger partial charge >= 0.3 is 6.09 Å². The van der Waals surface area contributed by atoms with Crippen LogP contribution in [0.2, 0.25) is 0 Å². The van der Waals surface area contributed by atoms with Crippen molar-refractivity contribution < 1.29 is 23.8 Å². The van der Waals surface area contributed by atoms with Crippen LogP contribution in [0.15, 0.2) is 66.3 Å². The van der Waals surface area contributed by atoms with Gasteiger partial charge in [-0.05, 0) is 58.0 Å². The number of anilines is 2. The molecule has 1 saturated heterocycles. The summed E-state index contributed by atoms with van der Waals surface area (Å²) in [6.45, 7) is 9.34. The van der Waals surface area contributed by atoms with Crippen LogP contribution in [0.4, 0.5) is 16.2 Å². The molecule has 230 valence electrons. The number of likely N-dealkylation sites (N-methyl/N-ethyl adjacent to an activating group) is 1. The molecule has 11 nitrogen and oxygen atoms in total. The molecule has 4 aromatic rings. The number of ether oxygens (including phenoxy) is 3. The van der Waals surface area contributed by atoms with Crippen LogP contribution >= 0.6 is 11.3 Å². The summed E-state index contributed by atoms with van der Waals surface area (Å²) in [6.07, 6.45) is 2.51. The van der Waals surface area contributed by atoms with Crippen LogP contribution < -0.4 is 15.0 Å². The standard InChI is InChI=1S/C32H36N6O5S/c1-21-27(42-23-9-7-6-8-10-23)12-11-25(35-29(39)26-20-44-30(36-26)22-13-14-33-34-17-22)28(21)38-15-16-41-24(19-38)18-37(5)31(40)43-32(2,3)4/h6-14,17,20,24H,15-16,18-19H2,1-5H3,(H,35,39)/t24-/m0/s1. The molecule has 2 aromatic carbocycles. The second-order valence-corrected chi connectivity index (χ2v) is 12.3. The van der Waals surface area contributed by atoms with Crippen LogP contribution in [0.1, 0.15) is 36.8 Å². The maximum Gasteiger partial charge on any atom is 0.410 e. The Morgan fingerprint density at radius 3 is 2.66 bits per heavy atom. The minimum atomic E-state index is -0.596. The van der Waals surface area contributed by atoms with E-state index in [1.54, 1.807) is 30.9 Å². The summed E-state index contributed by atoms with van der Waals surface area (Å²) in [5.41, 5.74) is 2.78. The zero-order valence-corrected chi connectivity index (χ0v) is 26.3. The number of hydrogen-bond donors (Lipinski definition) is 1. The fraction of sp³-hybridized carbons (Fsp3) is 0.344. The van der Waals surface area contributed by atoms with Gasteiger partial charge in [-0.15, -0.1) is 11.3 Å². The summed E-state index contributed by atoms with van der Waals surface area (Å²) in [5.74, 6) is 1.04.